The summed E-state index contributed by atoms with van der Waals surface area (Å²) in [5.41, 5.74) is 0.473. The second-order valence-corrected chi connectivity index (χ2v) is 5.76. The standard InChI is InChI=1S/C15H17ClFN3/c16-12-7-4-8-13(17)11(12)9-14-18-15(20-19-14)10-5-2-1-3-6-10/h4,7-8,10H,1-3,5-6,9H2,(H,18,19,20). The predicted molar refractivity (Wildman–Crippen MR) is 76.4 cm³/mol. The fraction of sp³-hybridized carbons (Fsp3) is 0.467. The van der Waals surface area contributed by atoms with Crippen molar-refractivity contribution in [2.24, 2.45) is 0 Å². The SMILES string of the molecule is Fc1cccc(Cl)c1Cc1nc(C2CCCCC2)n[nH]1. The number of hydrogen-bond donors (Lipinski definition) is 1. The lowest BCUT2D eigenvalue weighted by molar-refractivity contribution is 0.429. The summed E-state index contributed by atoms with van der Waals surface area (Å²) in [5.74, 6) is 1.70. The van der Waals surface area contributed by atoms with E-state index in [1.165, 1.54) is 25.3 Å². The first-order chi connectivity index (χ1) is 9.74. The minimum absolute atomic E-state index is 0.298. The van der Waals surface area contributed by atoms with Gasteiger partial charge in [0.2, 0.25) is 0 Å². The maximum absolute atomic E-state index is 13.8. The van der Waals surface area contributed by atoms with Crippen LogP contribution in [0.3, 0.4) is 0 Å². The Labute approximate surface area is 122 Å². The van der Waals surface area contributed by atoms with Gasteiger partial charge >= 0.3 is 0 Å². The molecule has 2 aromatic rings. The third-order valence-corrected chi connectivity index (χ3v) is 4.28. The number of benzene rings is 1. The molecule has 1 aliphatic rings. The minimum atomic E-state index is -0.298. The van der Waals surface area contributed by atoms with Crippen molar-refractivity contribution in [2.45, 2.75) is 44.4 Å². The van der Waals surface area contributed by atoms with Gasteiger partial charge in [0.15, 0.2) is 5.82 Å². The van der Waals surface area contributed by atoms with Gasteiger partial charge in [0, 0.05) is 22.9 Å². The Morgan fingerprint density at radius 1 is 1.25 bits per heavy atom. The maximum Gasteiger partial charge on any atom is 0.153 e. The van der Waals surface area contributed by atoms with Crippen molar-refractivity contribution in [1.29, 1.82) is 0 Å². The van der Waals surface area contributed by atoms with Crippen LogP contribution < -0.4 is 0 Å². The van der Waals surface area contributed by atoms with Gasteiger partial charge in [-0.2, -0.15) is 5.10 Å². The molecule has 0 atom stereocenters. The number of H-pyrrole nitrogens is 1. The molecule has 1 aromatic heterocycles. The van der Waals surface area contributed by atoms with Gasteiger partial charge in [0.05, 0.1) is 0 Å². The Kier molecular flexibility index (Phi) is 4.01. The second-order valence-electron chi connectivity index (χ2n) is 5.35. The number of nitrogens with zero attached hydrogens (tertiary/aromatic N) is 2. The molecule has 0 unspecified atom stereocenters. The van der Waals surface area contributed by atoms with Crippen LogP contribution >= 0.6 is 11.6 Å². The van der Waals surface area contributed by atoms with E-state index in [2.05, 4.69) is 15.2 Å². The number of hydrogen-bond acceptors (Lipinski definition) is 2. The van der Waals surface area contributed by atoms with Crippen molar-refractivity contribution in [3.05, 3.63) is 46.3 Å². The minimum Gasteiger partial charge on any atom is -0.263 e. The van der Waals surface area contributed by atoms with Gasteiger partial charge in [-0.05, 0) is 25.0 Å². The van der Waals surface area contributed by atoms with E-state index in [0.29, 0.717) is 28.7 Å². The lowest BCUT2D eigenvalue weighted by Gasteiger charge is -2.18. The summed E-state index contributed by atoms with van der Waals surface area (Å²) in [6.07, 6.45) is 6.45. The highest BCUT2D eigenvalue weighted by Crippen LogP contribution is 2.30. The molecule has 0 amide bonds. The van der Waals surface area contributed by atoms with Crippen LogP contribution in [0.15, 0.2) is 18.2 Å². The predicted octanol–water partition coefficient (Wildman–Crippen LogP) is 4.24. The topological polar surface area (TPSA) is 41.6 Å². The van der Waals surface area contributed by atoms with Crippen LogP contribution in [-0.2, 0) is 6.42 Å². The molecule has 1 heterocycles. The van der Waals surface area contributed by atoms with Crippen LogP contribution in [-0.4, -0.2) is 15.2 Å². The molecule has 0 saturated heterocycles. The Hall–Kier alpha value is -1.42. The highest BCUT2D eigenvalue weighted by molar-refractivity contribution is 6.31. The van der Waals surface area contributed by atoms with E-state index >= 15 is 0 Å². The lowest BCUT2D eigenvalue weighted by atomic mass is 9.89. The van der Waals surface area contributed by atoms with Gasteiger partial charge < -0.3 is 0 Å². The fourth-order valence-electron chi connectivity index (χ4n) is 2.80. The van der Waals surface area contributed by atoms with E-state index in [1.807, 2.05) is 0 Å². The van der Waals surface area contributed by atoms with E-state index in [9.17, 15) is 4.39 Å². The second kappa shape index (κ2) is 5.92. The zero-order valence-corrected chi connectivity index (χ0v) is 12.0. The summed E-state index contributed by atoms with van der Waals surface area (Å²) < 4.78 is 13.8. The molecule has 1 N–H and O–H groups in total. The first-order valence-corrected chi connectivity index (χ1v) is 7.46. The molecule has 20 heavy (non-hydrogen) atoms. The van der Waals surface area contributed by atoms with E-state index in [4.69, 9.17) is 11.6 Å². The molecular formula is C15H17ClFN3. The van der Waals surface area contributed by atoms with Crippen molar-refractivity contribution in [2.75, 3.05) is 0 Å². The van der Waals surface area contributed by atoms with Crippen molar-refractivity contribution < 1.29 is 4.39 Å². The molecule has 1 fully saturated rings. The van der Waals surface area contributed by atoms with Crippen molar-refractivity contribution >= 4 is 11.6 Å². The number of rotatable bonds is 3. The third kappa shape index (κ3) is 2.85. The van der Waals surface area contributed by atoms with Gasteiger partial charge in [-0.1, -0.05) is 36.9 Å². The molecule has 1 saturated carbocycles. The molecule has 1 aliphatic carbocycles. The Balaban J connectivity index is 1.77. The molecule has 0 spiro atoms. The largest absolute Gasteiger partial charge is 0.263 e. The molecule has 0 aliphatic heterocycles. The van der Waals surface area contributed by atoms with E-state index in [0.717, 1.165) is 18.7 Å². The molecule has 0 bridgehead atoms. The fourth-order valence-corrected chi connectivity index (χ4v) is 3.03. The van der Waals surface area contributed by atoms with Crippen LogP contribution in [0.25, 0.3) is 0 Å². The summed E-state index contributed by atoms with van der Waals surface area (Å²) in [6.45, 7) is 0. The Bertz CT molecular complexity index is 570. The maximum atomic E-state index is 13.8. The zero-order valence-electron chi connectivity index (χ0n) is 11.2. The van der Waals surface area contributed by atoms with Gasteiger partial charge in [-0.15, -0.1) is 0 Å². The van der Waals surface area contributed by atoms with Gasteiger partial charge in [0.25, 0.3) is 0 Å². The monoisotopic (exact) mass is 293 g/mol. The van der Waals surface area contributed by atoms with E-state index < -0.39 is 0 Å². The average molecular weight is 294 g/mol. The highest BCUT2D eigenvalue weighted by atomic mass is 35.5. The number of aromatic amines is 1. The smallest absolute Gasteiger partial charge is 0.153 e. The van der Waals surface area contributed by atoms with E-state index in [-0.39, 0.29) is 5.82 Å². The summed E-state index contributed by atoms with van der Waals surface area (Å²) in [5, 5.41) is 7.64. The molecule has 106 valence electrons. The molecule has 5 heteroatoms. The van der Waals surface area contributed by atoms with Gasteiger partial charge in [-0.25, -0.2) is 9.37 Å². The average Bonchev–Trinajstić information content (AvgIpc) is 2.93. The molecule has 0 radical (unpaired) electrons. The quantitative estimate of drug-likeness (QED) is 0.920. The first kappa shape index (κ1) is 13.6. The lowest BCUT2D eigenvalue weighted by Crippen LogP contribution is -2.06. The van der Waals surface area contributed by atoms with Gasteiger partial charge in [0.1, 0.15) is 11.6 Å². The number of halogens is 2. The van der Waals surface area contributed by atoms with Gasteiger partial charge in [-0.3, -0.25) is 5.10 Å². The van der Waals surface area contributed by atoms with Crippen molar-refractivity contribution in [3.8, 4) is 0 Å². The van der Waals surface area contributed by atoms with Crippen molar-refractivity contribution in [3.63, 3.8) is 0 Å². The Morgan fingerprint density at radius 3 is 2.80 bits per heavy atom. The summed E-state index contributed by atoms with van der Waals surface area (Å²) in [7, 11) is 0. The normalized spacial score (nSPS) is 16.5. The molecule has 3 nitrogen and oxygen atoms in total. The van der Waals surface area contributed by atoms with E-state index in [1.54, 1.807) is 12.1 Å². The third-order valence-electron chi connectivity index (χ3n) is 3.93. The van der Waals surface area contributed by atoms with Crippen LogP contribution in [0, 0.1) is 5.82 Å². The summed E-state index contributed by atoms with van der Waals surface area (Å²) >= 11 is 6.03. The van der Waals surface area contributed by atoms with Crippen LogP contribution in [0.5, 0.6) is 0 Å². The summed E-state index contributed by atoms with van der Waals surface area (Å²) in [4.78, 5) is 4.52. The molecule has 3 rings (SSSR count). The van der Waals surface area contributed by atoms with Crippen molar-refractivity contribution in [1.82, 2.24) is 15.2 Å². The zero-order chi connectivity index (χ0) is 13.9. The number of nitrogens with one attached hydrogen (secondary N) is 1. The highest BCUT2D eigenvalue weighted by Gasteiger charge is 2.20. The van der Waals surface area contributed by atoms with Crippen LogP contribution in [0.4, 0.5) is 4.39 Å². The van der Waals surface area contributed by atoms with Crippen LogP contribution in [0.2, 0.25) is 5.02 Å². The van der Waals surface area contributed by atoms with Crippen LogP contribution in [0.1, 0.15) is 55.2 Å². The Morgan fingerprint density at radius 2 is 2.05 bits per heavy atom. The first-order valence-electron chi connectivity index (χ1n) is 7.08. The number of aromatic nitrogens is 3. The molecule has 1 aromatic carbocycles. The molecular weight excluding hydrogens is 277 g/mol. The summed E-state index contributed by atoms with van der Waals surface area (Å²) in [6, 6.07) is 4.72.